The van der Waals surface area contributed by atoms with Crippen LogP contribution in [0, 0.1) is 5.41 Å². The molecule has 6 heteroatoms. The molecule has 1 fully saturated rings. The lowest BCUT2D eigenvalue weighted by molar-refractivity contribution is 0.141. The third-order valence-electron chi connectivity index (χ3n) is 4.71. The molecule has 1 aliphatic rings. The van der Waals surface area contributed by atoms with Crippen LogP contribution in [-0.2, 0) is 16.6 Å². The number of thiophene rings is 1. The van der Waals surface area contributed by atoms with Crippen molar-refractivity contribution in [2.24, 2.45) is 5.41 Å². The smallest absolute Gasteiger partial charge is 0.243 e. The minimum atomic E-state index is -3.39. The standard InChI is InChI=1S/C14H23NO3S2/c1-3-14(4-2)5-7-15(8-6-14)20(17,18)13-9-12(10-16)19-11-13/h9,11,16H,3-8,10H2,1-2H3. The highest BCUT2D eigenvalue weighted by Gasteiger charge is 2.36. The van der Waals surface area contributed by atoms with Crippen molar-refractivity contribution in [3.05, 3.63) is 16.3 Å². The minimum absolute atomic E-state index is 0.102. The Labute approximate surface area is 125 Å². The average molecular weight is 317 g/mol. The number of aliphatic hydroxyl groups excluding tert-OH is 1. The van der Waals surface area contributed by atoms with Crippen LogP contribution < -0.4 is 0 Å². The zero-order valence-corrected chi connectivity index (χ0v) is 13.8. The topological polar surface area (TPSA) is 57.6 Å². The number of piperidine rings is 1. The molecule has 20 heavy (non-hydrogen) atoms. The molecule has 1 aliphatic heterocycles. The van der Waals surface area contributed by atoms with Gasteiger partial charge in [-0.1, -0.05) is 26.7 Å². The number of nitrogens with zero attached hydrogens (tertiary/aromatic N) is 1. The fraction of sp³-hybridized carbons (Fsp3) is 0.714. The van der Waals surface area contributed by atoms with Gasteiger partial charge in [-0.3, -0.25) is 0 Å². The number of aliphatic hydroxyl groups is 1. The second kappa shape index (κ2) is 6.13. The van der Waals surface area contributed by atoms with E-state index in [4.69, 9.17) is 5.11 Å². The van der Waals surface area contributed by atoms with Gasteiger partial charge in [-0.2, -0.15) is 4.31 Å². The van der Waals surface area contributed by atoms with E-state index >= 15 is 0 Å². The van der Waals surface area contributed by atoms with Crippen molar-refractivity contribution in [1.82, 2.24) is 4.31 Å². The Morgan fingerprint density at radius 3 is 2.35 bits per heavy atom. The molecule has 0 radical (unpaired) electrons. The van der Waals surface area contributed by atoms with Crippen LogP contribution in [0.15, 0.2) is 16.3 Å². The summed E-state index contributed by atoms with van der Waals surface area (Å²) in [5, 5.41) is 10.7. The fourth-order valence-corrected chi connectivity index (χ4v) is 5.45. The van der Waals surface area contributed by atoms with Crippen molar-refractivity contribution in [3.8, 4) is 0 Å². The summed E-state index contributed by atoms with van der Waals surface area (Å²) in [5.74, 6) is 0. The molecule has 1 aromatic rings. The summed E-state index contributed by atoms with van der Waals surface area (Å²) in [4.78, 5) is 1.02. The van der Waals surface area contributed by atoms with Crippen LogP contribution in [0.4, 0.5) is 0 Å². The number of hydrogen-bond donors (Lipinski definition) is 1. The fourth-order valence-electron chi connectivity index (χ4n) is 2.89. The van der Waals surface area contributed by atoms with Gasteiger partial charge < -0.3 is 5.11 Å². The van der Waals surface area contributed by atoms with Gasteiger partial charge in [0.1, 0.15) is 0 Å². The molecule has 2 rings (SSSR count). The van der Waals surface area contributed by atoms with Crippen molar-refractivity contribution in [2.45, 2.75) is 51.0 Å². The maximum Gasteiger partial charge on any atom is 0.243 e. The number of hydrogen-bond acceptors (Lipinski definition) is 4. The SMILES string of the molecule is CCC1(CC)CCN(S(=O)(=O)c2csc(CO)c2)CC1. The Morgan fingerprint density at radius 1 is 1.30 bits per heavy atom. The van der Waals surface area contributed by atoms with Gasteiger partial charge in [0.15, 0.2) is 0 Å². The van der Waals surface area contributed by atoms with Gasteiger partial charge in [-0.25, -0.2) is 8.42 Å². The maximum absolute atomic E-state index is 12.6. The summed E-state index contributed by atoms with van der Waals surface area (Å²) in [5.41, 5.74) is 0.316. The summed E-state index contributed by atoms with van der Waals surface area (Å²) >= 11 is 1.29. The van der Waals surface area contributed by atoms with E-state index in [0.717, 1.165) is 25.7 Å². The highest BCUT2D eigenvalue weighted by molar-refractivity contribution is 7.89. The van der Waals surface area contributed by atoms with Crippen LogP contribution in [0.1, 0.15) is 44.4 Å². The van der Waals surface area contributed by atoms with Crippen molar-refractivity contribution < 1.29 is 13.5 Å². The first-order valence-corrected chi connectivity index (χ1v) is 9.48. The monoisotopic (exact) mass is 317 g/mol. The van der Waals surface area contributed by atoms with Crippen molar-refractivity contribution in [3.63, 3.8) is 0 Å². The summed E-state index contributed by atoms with van der Waals surface area (Å²) in [6, 6.07) is 1.58. The van der Waals surface area contributed by atoms with Crippen LogP contribution in [0.2, 0.25) is 0 Å². The van der Waals surface area contributed by atoms with E-state index in [1.165, 1.54) is 11.3 Å². The zero-order valence-electron chi connectivity index (χ0n) is 12.1. The molecule has 0 unspecified atom stereocenters. The summed E-state index contributed by atoms with van der Waals surface area (Å²) in [7, 11) is -3.39. The van der Waals surface area contributed by atoms with E-state index in [2.05, 4.69) is 13.8 Å². The highest BCUT2D eigenvalue weighted by atomic mass is 32.2. The van der Waals surface area contributed by atoms with Gasteiger partial charge in [-0.15, -0.1) is 11.3 Å². The lowest BCUT2D eigenvalue weighted by Crippen LogP contribution is -2.42. The van der Waals surface area contributed by atoms with Gasteiger partial charge in [0.25, 0.3) is 0 Å². The summed E-state index contributed by atoms with van der Waals surface area (Å²) in [6.45, 7) is 5.50. The second-order valence-corrected chi connectivity index (χ2v) is 8.45. The van der Waals surface area contributed by atoms with E-state index in [9.17, 15) is 8.42 Å². The molecule has 2 heterocycles. The van der Waals surface area contributed by atoms with Crippen molar-refractivity contribution in [1.29, 1.82) is 0 Å². The third-order valence-corrected chi connectivity index (χ3v) is 7.65. The lowest BCUT2D eigenvalue weighted by atomic mass is 9.75. The van der Waals surface area contributed by atoms with Gasteiger partial charge in [0.2, 0.25) is 10.0 Å². The molecule has 0 amide bonds. The van der Waals surface area contributed by atoms with Crippen molar-refractivity contribution in [2.75, 3.05) is 13.1 Å². The molecule has 0 spiro atoms. The van der Waals surface area contributed by atoms with Gasteiger partial charge in [-0.05, 0) is 24.3 Å². The van der Waals surface area contributed by atoms with Gasteiger partial charge >= 0.3 is 0 Å². The normalized spacial score (nSPS) is 20.1. The molecule has 0 saturated carbocycles. The molecule has 114 valence electrons. The van der Waals surface area contributed by atoms with Gasteiger partial charge in [0, 0.05) is 23.3 Å². The van der Waals surface area contributed by atoms with Crippen LogP contribution in [0.25, 0.3) is 0 Å². The quantitative estimate of drug-likeness (QED) is 0.908. The molecule has 1 saturated heterocycles. The molecule has 4 nitrogen and oxygen atoms in total. The Kier molecular flexibility index (Phi) is 4.89. The van der Waals surface area contributed by atoms with Crippen molar-refractivity contribution >= 4 is 21.4 Å². The Morgan fingerprint density at radius 2 is 1.90 bits per heavy atom. The molecule has 0 atom stereocenters. The summed E-state index contributed by atoms with van der Waals surface area (Å²) < 4.78 is 26.7. The second-order valence-electron chi connectivity index (χ2n) is 5.52. The third kappa shape index (κ3) is 2.93. The molecular formula is C14H23NO3S2. The van der Waals surface area contributed by atoms with Gasteiger partial charge in [0.05, 0.1) is 11.5 Å². The summed E-state index contributed by atoms with van der Waals surface area (Å²) in [6.07, 6.45) is 4.11. The van der Waals surface area contributed by atoms with E-state index in [-0.39, 0.29) is 6.61 Å². The lowest BCUT2D eigenvalue weighted by Gasteiger charge is -2.40. The predicted molar refractivity (Wildman–Crippen MR) is 81.2 cm³/mol. The van der Waals surface area contributed by atoms with Crippen LogP contribution >= 0.6 is 11.3 Å². The number of sulfonamides is 1. The van der Waals surface area contributed by atoms with Crippen LogP contribution in [-0.4, -0.2) is 30.9 Å². The Balaban J connectivity index is 2.13. The molecular weight excluding hydrogens is 294 g/mol. The largest absolute Gasteiger partial charge is 0.391 e. The molecule has 0 bridgehead atoms. The van der Waals surface area contributed by atoms with Crippen LogP contribution in [0.5, 0.6) is 0 Å². The predicted octanol–water partition coefficient (Wildman–Crippen LogP) is 2.83. The first kappa shape index (κ1) is 15.9. The Hall–Kier alpha value is -0.430. The van der Waals surface area contributed by atoms with E-state index in [0.29, 0.717) is 28.3 Å². The van der Waals surface area contributed by atoms with E-state index in [1.54, 1.807) is 15.8 Å². The van der Waals surface area contributed by atoms with Crippen LogP contribution in [0.3, 0.4) is 0 Å². The highest BCUT2D eigenvalue weighted by Crippen LogP contribution is 2.39. The molecule has 1 N–H and O–H groups in total. The molecule has 0 aliphatic carbocycles. The molecule has 1 aromatic heterocycles. The first-order chi connectivity index (χ1) is 9.47. The maximum atomic E-state index is 12.6. The zero-order chi connectivity index (χ0) is 14.8. The molecule has 0 aromatic carbocycles. The van der Waals surface area contributed by atoms with E-state index in [1.807, 2.05) is 0 Å². The number of rotatable bonds is 5. The minimum Gasteiger partial charge on any atom is -0.391 e. The Bertz CT molecular complexity index is 537. The average Bonchev–Trinajstić information content (AvgIpc) is 2.97. The van der Waals surface area contributed by atoms with E-state index < -0.39 is 10.0 Å². The first-order valence-electron chi connectivity index (χ1n) is 7.16.